The summed E-state index contributed by atoms with van der Waals surface area (Å²) in [6.07, 6.45) is 1.41. The van der Waals surface area contributed by atoms with Gasteiger partial charge in [-0.3, -0.25) is 10.1 Å². The summed E-state index contributed by atoms with van der Waals surface area (Å²) in [5, 5.41) is 10.4. The first kappa shape index (κ1) is 12.3. The van der Waals surface area contributed by atoms with E-state index in [1.165, 1.54) is 18.2 Å². The van der Waals surface area contributed by atoms with Gasteiger partial charge in [0.15, 0.2) is 0 Å². The largest absolute Gasteiger partial charge is 0.269 e. The minimum Gasteiger partial charge on any atom is -0.258 e. The molecule has 1 N–H and O–H groups in total. The Morgan fingerprint density at radius 3 is 2.38 bits per heavy atom. The molecule has 0 amide bonds. The summed E-state index contributed by atoms with van der Waals surface area (Å²) < 4.78 is 25.3. The number of non-ortho nitro benzene ring substituents is 1. The molecule has 0 heterocycles. The topological polar surface area (TPSA) is 89.3 Å². The van der Waals surface area contributed by atoms with Crippen molar-refractivity contribution in [2.45, 2.75) is 4.90 Å². The molecule has 1 aromatic carbocycles. The Balaban J connectivity index is 2.97. The molecule has 7 heteroatoms. The summed E-state index contributed by atoms with van der Waals surface area (Å²) in [4.78, 5) is 9.76. The van der Waals surface area contributed by atoms with Crippen LogP contribution in [0.2, 0.25) is 0 Å². The molecule has 0 fully saturated rings. The summed E-state index contributed by atoms with van der Waals surface area (Å²) in [5.74, 6) is 0. The molecule has 0 aliphatic carbocycles. The van der Waals surface area contributed by atoms with Gasteiger partial charge in [0, 0.05) is 18.7 Å². The number of nitrogens with zero attached hydrogens (tertiary/aromatic N) is 1. The Morgan fingerprint density at radius 2 is 1.94 bits per heavy atom. The summed E-state index contributed by atoms with van der Waals surface area (Å²) in [7, 11) is -3.61. The van der Waals surface area contributed by atoms with Crippen LogP contribution in [0.25, 0.3) is 0 Å². The van der Waals surface area contributed by atoms with E-state index in [9.17, 15) is 18.5 Å². The molecular formula is C9H10N2O4S. The van der Waals surface area contributed by atoms with Gasteiger partial charge in [-0.15, -0.1) is 6.58 Å². The molecule has 0 unspecified atom stereocenters. The van der Waals surface area contributed by atoms with Gasteiger partial charge in [-0.2, -0.15) is 0 Å². The van der Waals surface area contributed by atoms with Gasteiger partial charge in [0.2, 0.25) is 10.0 Å². The van der Waals surface area contributed by atoms with Gasteiger partial charge in [0.25, 0.3) is 5.69 Å². The van der Waals surface area contributed by atoms with Crippen molar-refractivity contribution in [2.75, 3.05) is 6.54 Å². The fraction of sp³-hybridized carbons (Fsp3) is 0.111. The maximum Gasteiger partial charge on any atom is 0.269 e. The maximum absolute atomic E-state index is 11.5. The minimum atomic E-state index is -3.61. The molecule has 0 saturated carbocycles. The molecule has 0 aliphatic rings. The van der Waals surface area contributed by atoms with Crippen LogP contribution in [-0.2, 0) is 10.0 Å². The Bertz CT molecular complexity index is 493. The van der Waals surface area contributed by atoms with Gasteiger partial charge in [0.05, 0.1) is 9.82 Å². The summed E-state index contributed by atoms with van der Waals surface area (Å²) in [6.45, 7) is 3.49. The zero-order chi connectivity index (χ0) is 12.2. The van der Waals surface area contributed by atoms with E-state index in [0.717, 1.165) is 12.1 Å². The fourth-order valence-electron chi connectivity index (χ4n) is 0.999. The standard InChI is InChI=1S/C9H10N2O4S/c1-2-7-10-16(14,15)9-5-3-8(4-6-9)11(12)13/h2-6,10H,1,7H2. The van der Waals surface area contributed by atoms with Gasteiger partial charge >= 0.3 is 0 Å². The van der Waals surface area contributed by atoms with Crippen molar-refractivity contribution < 1.29 is 13.3 Å². The van der Waals surface area contributed by atoms with Gasteiger partial charge in [0.1, 0.15) is 0 Å². The Hall–Kier alpha value is -1.73. The summed E-state index contributed by atoms with van der Waals surface area (Å²) >= 11 is 0. The van der Waals surface area contributed by atoms with E-state index < -0.39 is 14.9 Å². The summed E-state index contributed by atoms with van der Waals surface area (Å²) in [5.41, 5.74) is -0.150. The van der Waals surface area contributed by atoms with Crippen molar-refractivity contribution in [1.29, 1.82) is 0 Å². The third-order valence-corrected chi connectivity index (χ3v) is 3.22. The quantitative estimate of drug-likeness (QED) is 0.475. The van der Waals surface area contributed by atoms with Crippen LogP contribution in [0.3, 0.4) is 0 Å². The van der Waals surface area contributed by atoms with Crippen molar-refractivity contribution in [3.8, 4) is 0 Å². The predicted molar refractivity (Wildman–Crippen MR) is 58.5 cm³/mol. The van der Waals surface area contributed by atoms with Crippen LogP contribution in [0, 0.1) is 10.1 Å². The number of nitro groups is 1. The van der Waals surface area contributed by atoms with E-state index >= 15 is 0 Å². The van der Waals surface area contributed by atoms with Gasteiger partial charge in [-0.05, 0) is 12.1 Å². The number of benzene rings is 1. The molecule has 0 spiro atoms. The molecule has 6 nitrogen and oxygen atoms in total. The zero-order valence-corrected chi connectivity index (χ0v) is 9.11. The first-order valence-corrected chi connectivity index (χ1v) is 5.80. The number of hydrogen-bond acceptors (Lipinski definition) is 4. The van der Waals surface area contributed by atoms with Crippen LogP contribution >= 0.6 is 0 Å². The lowest BCUT2D eigenvalue weighted by atomic mass is 10.3. The van der Waals surface area contributed by atoms with E-state index in [-0.39, 0.29) is 17.1 Å². The molecule has 0 radical (unpaired) electrons. The number of nitro benzene ring substituents is 1. The van der Waals surface area contributed by atoms with Crippen molar-refractivity contribution in [3.63, 3.8) is 0 Å². The lowest BCUT2D eigenvalue weighted by Crippen LogP contribution is -2.23. The average Bonchev–Trinajstić information content (AvgIpc) is 2.26. The number of sulfonamides is 1. The van der Waals surface area contributed by atoms with Crippen LogP contribution in [0.15, 0.2) is 41.8 Å². The van der Waals surface area contributed by atoms with E-state index in [4.69, 9.17) is 0 Å². The molecule has 16 heavy (non-hydrogen) atoms. The predicted octanol–water partition coefficient (Wildman–Crippen LogP) is 1.06. The molecule has 0 bridgehead atoms. The normalized spacial score (nSPS) is 11.0. The molecule has 0 aromatic heterocycles. The highest BCUT2D eigenvalue weighted by atomic mass is 32.2. The SMILES string of the molecule is C=CCNS(=O)(=O)c1ccc([N+](=O)[O-])cc1. The first-order chi connectivity index (χ1) is 7.47. The Kier molecular flexibility index (Phi) is 3.75. The van der Waals surface area contributed by atoms with Crippen molar-refractivity contribution in [3.05, 3.63) is 47.0 Å². The van der Waals surface area contributed by atoms with Gasteiger partial charge in [-0.25, -0.2) is 13.1 Å². The second kappa shape index (κ2) is 4.86. The van der Waals surface area contributed by atoms with Crippen molar-refractivity contribution in [2.24, 2.45) is 0 Å². The molecule has 1 rings (SSSR count). The van der Waals surface area contributed by atoms with Gasteiger partial charge < -0.3 is 0 Å². The highest BCUT2D eigenvalue weighted by molar-refractivity contribution is 7.89. The minimum absolute atomic E-state index is 0.0139. The Morgan fingerprint density at radius 1 is 1.38 bits per heavy atom. The molecule has 0 saturated heterocycles. The molecule has 0 aliphatic heterocycles. The third kappa shape index (κ3) is 2.88. The second-order valence-electron chi connectivity index (χ2n) is 2.89. The first-order valence-electron chi connectivity index (χ1n) is 4.32. The van der Waals surface area contributed by atoms with E-state index in [0.29, 0.717) is 0 Å². The smallest absolute Gasteiger partial charge is 0.258 e. The van der Waals surface area contributed by atoms with Crippen molar-refractivity contribution in [1.82, 2.24) is 4.72 Å². The lowest BCUT2D eigenvalue weighted by Gasteiger charge is -2.03. The fourth-order valence-corrected chi connectivity index (χ4v) is 2.00. The highest BCUT2D eigenvalue weighted by Gasteiger charge is 2.14. The van der Waals surface area contributed by atoms with Crippen LogP contribution in [0.4, 0.5) is 5.69 Å². The van der Waals surface area contributed by atoms with E-state index in [1.807, 2.05) is 0 Å². The van der Waals surface area contributed by atoms with E-state index in [2.05, 4.69) is 11.3 Å². The van der Waals surface area contributed by atoms with Crippen LogP contribution in [0.5, 0.6) is 0 Å². The third-order valence-electron chi connectivity index (χ3n) is 1.78. The zero-order valence-electron chi connectivity index (χ0n) is 8.29. The van der Waals surface area contributed by atoms with Crippen LogP contribution in [0.1, 0.15) is 0 Å². The molecule has 1 aromatic rings. The molecule has 0 atom stereocenters. The van der Waals surface area contributed by atoms with Crippen LogP contribution < -0.4 is 4.72 Å². The number of rotatable bonds is 5. The van der Waals surface area contributed by atoms with Crippen LogP contribution in [-0.4, -0.2) is 19.9 Å². The monoisotopic (exact) mass is 242 g/mol. The average molecular weight is 242 g/mol. The molecular weight excluding hydrogens is 232 g/mol. The maximum atomic E-state index is 11.5. The highest BCUT2D eigenvalue weighted by Crippen LogP contribution is 2.15. The van der Waals surface area contributed by atoms with E-state index in [1.54, 1.807) is 0 Å². The number of nitrogens with one attached hydrogen (secondary N) is 1. The van der Waals surface area contributed by atoms with Crippen molar-refractivity contribution >= 4 is 15.7 Å². The molecule has 86 valence electrons. The lowest BCUT2D eigenvalue weighted by molar-refractivity contribution is -0.384. The Labute approximate surface area is 92.8 Å². The second-order valence-corrected chi connectivity index (χ2v) is 4.66. The van der Waals surface area contributed by atoms with Gasteiger partial charge in [-0.1, -0.05) is 6.08 Å². The summed E-state index contributed by atoms with van der Waals surface area (Å²) in [6, 6.07) is 4.65. The number of hydrogen-bond donors (Lipinski definition) is 1.